The monoisotopic (exact) mass is 289 g/mol. The number of halogens is 2. The summed E-state index contributed by atoms with van der Waals surface area (Å²) < 4.78 is 31.4. The third-order valence-electron chi connectivity index (χ3n) is 2.54. The summed E-state index contributed by atoms with van der Waals surface area (Å²) in [5.74, 6) is -0.0864. The fourth-order valence-electron chi connectivity index (χ4n) is 1.75. The van der Waals surface area contributed by atoms with Crippen molar-refractivity contribution in [1.82, 2.24) is 15.1 Å². The molecule has 1 atom stereocenters. The molecule has 0 saturated carbocycles. The number of aromatic nitrogens is 2. The van der Waals surface area contributed by atoms with Crippen LogP contribution in [0.5, 0.6) is 0 Å². The number of alkyl halides is 2. The Kier molecular flexibility index (Phi) is 5.08. The molecule has 0 aromatic carbocycles. The molecule has 0 aliphatic heterocycles. The van der Waals surface area contributed by atoms with Gasteiger partial charge in [-0.25, -0.2) is 9.48 Å². The highest BCUT2D eigenvalue weighted by Gasteiger charge is 2.26. The average molecular weight is 289 g/mol. The molecule has 1 N–H and O–H groups in total. The molecule has 1 aromatic heterocycles. The highest BCUT2D eigenvalue weighted by Crippen LogP contribution is 2.25. The molecular weight excluding hydrogens is 268 g/mol. The number of ether oxygens (including phenoxy) is 1. The van der Waals surface area contributed by atoms with Gasteiger partial charge in [0, 0.05) is 6.20 Å². The van der Waals surface area contributed by atoms with Crippen LogP contribution in [0.25, 0.3) is 0 Å². The summed E-state index contributed by atoms with van der Waals surface area (Å²) in [4.78, 5) is 11.8. The molecule has 20 heavy (non-hydrogen) atoms. The van der Waals surface area contributed by atoms with Gasteiger partial charge in [-0.05, 0) is 32.8 Å². The first kappa shape index (κ1) is 16.4. The first-order valence-electron chi connectivity index (χ1n) is 6.43. The van der Waals surface area contributed by atoms with Crippen molar-refractivity contribution in [2.75, 3.05) is 0 Å². The molecule has 1 heterocycles. The van der Waals surface area contributed by atoms with Gasteiger partial charge in [0.2, 0.25) is 0 Å². The molecule has 1 rings (SSSR count). The van der Waals surface area contributed by atoms with E-state index in [1.165, 1.54) is 12.3 Å². The lowest BCUT2D eigenvalue weighted by Crippen LogP contribution is -2.37. The smallest absolute Gasteiger partial charge is 0.408 e. The topological polar surface area (TPSA) is 56.1 Å². The van der Waals surface area contributed by atoms with Gasteiger partial charge in [0.1, 0.15) is 5.60 Å². The van der Waals surface area contributed by atoms with E-state index >= 15 is 0 Å². The van der Waals surface area contributed by atoms with Crippen molar-refractivity contribution in [2.24, 2.45) is 5.92 Å². The molecule has 0 radical (unpaired) electrons. The minimum atomic E-state index is -2.75. The molecule has 1 aromatic rings. The summed E-state index contributed by atoms with van der Waals surface area (Å²) in [5.41, 5.74) is -0.393. The van der Waals surface area contributed by atoms with Crippen molar-refractivity contribution in [3.8, 4) is 0 Å². The minimum Gasteiger partial charge on any atom is -0.444 e. The Bertz CT molecular complexity index is 453. The maximum atomic E-state index is 12.8. The molecular formula is C13H21F2N3O2. The van der Waals surface area contributed by atoms with E-state index in [0.717, 1.165) is 0 Å². The van der Waals surface area contributed by atoms with Crippen molar-refractivity contribution < 1.29 is 18.3 Å². The van der Waals surface area contributed by atoms with Gasteiger partial charge in [0.05, 0.1) is 11.7 Å². The van der Waals surface area contributed by atoms with Gasteiger partial charge in [-0.3, -0.25) is 0 Å². The number of carbonyl (C=O) groups excluding carboxylic acids is 1. The molecule has 0 bridgehead atoms. The summed E-state index contributed by atoms with van der Waals surface area (Å²) in [5, 5.41) is 6.19. The molecule has 0 aliphatic carbocycles. The molecule has 0 fully saturated rings. The van der Waals surface area contributed by atoms with Crippen molar-refractivity contribution in [3.05, 3.63) is 18.0 Å². The Morgan fingerprint density at radius 1 is 1.40 bits per heavy atom. The fraction of sp³-hybridized carbons (Fsp3) is 0.692. The largest absolute Gasteiger partial charge is 0.444 e. The number of amides is 1. The van der Waals surface area contributed by atoms with Gasteiger partial charge in [-0.2, -0.15) is 13.9 Å². The number of alkyl carbamates (subject to hydrolysis) is 1. The Balaban J connectivity index is 2.90. The van der Waals surface area contributed by atoms with Crippen molar-refractivity contribution in [3.63, 3.8) is 0 Å². The average Bonchev–Trinajstić information content (AvgIpc) is 2.71. The lowest BCUT2D eigenvalue weighted by molar-refractivity contribution is 0.0412. The molecule has 1 amide bonds. The number of carbonyl (C=O) groups is 1. The number of hydrogen-bond acceptors (Lipinski definition) is 3. The second kappa shape index (κ2) is 6.19. The maximum absolute atomic E-state index is 12.8. The molecule has 0 aliphatic rings. The highest BCUT2D eigenvalue weighted by molar-refractivity contribution is 5.68. The van der Waals surface area contributed by atoms with E-state index in [2.05, 4.69) is 10.4 Å². The van der Waals surface area contributed by atoms with Gasteiger partial charge in [0.25, 0.3) is 0 Å². The van der Waals surface area contributed by atoms with Crippen molar-refractivity contribution >= 4 is 6.09 Å². The summed E-state index contributed by atoms with van der Waals surface area (Å²) in [7, 11) is 0. The van der Waals surface area contributed by atoms with E-state index in [0.29, 0.717) is 4.68 Å². The van der Waals surface area contributed by atoms with Crippen LogP contribution in [0.3, 0.4) is 0 Å². The minimum absolute atomic E-state index is 0.0864. The van der Waals surface area contributed by atoms with Crippen LogP contribution in [0.1, 0.15) is 52.9 Å². The zero-order valence-corrected chi connectivity index (χ0v) is 12.4. The van der Waals surface area contributed by atoms with Crippen LogP contribution in [0.2, 0.25) is 0 Å². The summed E-state index contributed by atoms with van der Waals surface area (Å²) in [6.07, 6.45) is 0.645. The van der Waals surface area contributed by atoms with Crippen LogP contribution in [0.4, 0.5) is 13.6 Å². The summed E-state index contributed by atoms with van der Waals surface area (Å²) >= 11 is 0. The normalized spacial score (nSPS) is 13.7. The molecule has 0 spiro atoms. The zero-order valence-electron chi connectivity index (χ0n) is 12.4. The Morgan fingerprint density at radius 3 is 2.45 bits per heavy atom. The predicted molar refractivity (Wildman–Crippen MR) is 70.4 cm³/mol. The Morgan fingerprint density at radius 2 is 2.00 bits per heavy atom. The first-order valence-corrected chi connectivity index (χ1v) is 6.43. The molecule has 5 nitrogen and oxygen atoms in total. The summed E-state index contributed by atoms with van der Waals surface area (Å²) in [6.45, 7) is 6.11. The van der Waals surface area contributed by atoms with Gasteiger partial charge in [-0.15, -0.1) is 0 Å². The van der Waals surface area contributed by atoms with Crippen LogP contribution < -0.4 is 5.32 Å². The van der Waals surface area contributed by atoms with Crippen LogP contribution >= 0.6 is 0 Å². The second-order valence-electron chi connectivity index (χ2n) is 5.85. The Labute approximate surface area is 117 Å². The van der Waals surface area contributed by atoms with E-state index in [1.54, 1.807) is 20.8 Å². The van der Waals surface area contributed by atoms with E-state index in [1.807, 2.05) is 13.8 Å². The van der Waals surface area contributed by atoms with Crippen LogP contribution in [-0.2, 0) is 4.74 Å². The number of nitrogens with zero attached hydrogens (tertiary/aromatic N) is 2. The fourth-order valence-corrected chi connectivity index (χ4v) is 1.75. The lowest BCUT2D eigenvalue weighted by atomic mass is 10.0. The van der Waals surface area contributed by atoms with Crippen molar-refractivity contribution in [2.45, 2.75) is 52.8 Å². The number of nitrogens with one attached hydrogen (secondary N) is 1. The first-order chi connectivity index (χ1) is 9.11. The van der Waals surface area contributed by atoms with Crippen LogP contribution in [-0.4, -0.2) is 21.5 Å². The Hall–Kier alpha value is -1.66. The van der Waals surface area contributed by atoms with E-state index in [9.17, 15) is 13.6 Å². The number of rotatable bonds is 4. The predicted octanol–water partition coefficient (Wildman–Crippen LogP) is 3.50. The molecule has 7 heteroatoms. The zero-order chi connectivity index (χ0) is 15.5. The maximum Gasteiger partial charge on any atom is 0.408 e. The lowest BCUT2D eigenvalue weighted by Gasteiger charge is -2.26. The second-order valence-corrected chi connectivity index (χ2v) is 5.85. The van der Waals surface area contributed by atoms with Crippen LogP contribution in [0.15, 0.2) is 12.3 Å². The molecule has 0 saturated heterocycles. The van der Waals surface area contributed by atoms with Crippen LogP contribution in [0, 0.1) is 5.92 Å². The standard InChI is InChI=1S/C13H21F2N3O2/c1-8(2)10(17-12(19)20-13(3,4)5)9-6-7-16-18(9)11(14)15/h6-8,10-11H,1-5H3,(H,17,19). The molecule has 1 unspecified atom stereocenters. The van der Waals surface area contributed by atoms with E-state index in [-0.39, 0.29) is 11.6 Å². The third kappa shape index (κ3) is 4.47. The van der Waals surface area contributed by atoms with Gasteiger partial charge in [-0.1, -0.05) is 13.8 Å². The highest BCUT2D eigenvalue weighted by atomic mass is 19.3. The number of hydrogen-bond donors (Lipinski definition) is 1. The van der Waals surface area contributed by atoms with Gasteiger partial charge < -0.3 is 10.1 Å². The van der Waals surface area contributed by atoms with E-state index < -0.39 is 24.3 Å². The molecule has 114 valence electrons. The van der Waals surface area contributed by atoms with Gasteiger partial charge >= 0.3 is 12.6 Å². The van der Waals surface area contributed by atoms with Gasteiger partial charge in [0.15, 0.2) is 0 Å². The van der Waals surface area contributed by atoms with E-state index in [4.69, 9.17) is 4.74 Å². The van der Waals surface area contributed by atoms with Crippen molar-refractivity contribution in [1.29, 1.82) is 0 Å². The SMILES string of the molecule is CC(C)C(NC(=O)OC(C)(C)C)c1ccnn1C(F)F. The summed E-state index contributed by atoms with van der Waals surface area (Å²) in [6, 6.07) is 0.870. The quantitative estimate of drug-likeness (QED) is 0.923. The third-order valence-corrected chi connectivity index (χ3v) is 2.54.